The third-order valence-electron chi connectivity index (χ3n) is 4.57. The second-order valence-corrected chi connectivity index (χ2v) is 6.77. The van der Waals surface area contributed by atoms with E-state index >= 15 is 0 Å². The van der Waals surface area contributed by atoms with Crippen molar-refractivity contribution in [3.63, 3.8) is 0 Å². The molecular formula is C20H19F3N4O2. The van der Waals surface area contributed by atoms with Crippen LogP contribution >= 0.6 is 0 Å². The SMILES string of the molecule is CN(C)c1ccnc(-c2ccc(C[C@H](N)C(=O)O)c3cccnc23)c1C(F)(F)F. The Morgan fingerprint density at radius 3 is 2.52 bits per heavy atom. The number of fused-ring (bicyclic) bond motifs is 1. The Hall–Kier alpha value is -3.20. The van der Waals surface area contributed by atoms with E-state index in [1.807, 2.05) is 0 Å². The highest BCUT2D eigenvalue weighted by Gasteiger charge is 2.38. The minimum Gasteiger partial charge on any atom is -0.480 e. The van der Waals surface area contributed by atoms with Crippen LogP contribution in [0.5, 0.6) is 0 Å². The van der Waals surface area contributed by atoms with E-state index in [-0.39, 0.29) is 23.4 Å². The number of aliphatic carboxylic acids is 1. The molecule has 3 aromatic rings. The number of pyridine rings is 2. The van der Waals surface area contributed by atoms with Crippen LogP contribution < -0.4 is 10.6 Å². The number of carbonyl (C=O) groups is 1. The monoisotopic (exact) mass is 404 g/mol. The van der Waals surface area contributed by atoms with Crippen LogP contribution in [0.25, 0.3) is 22.2 Å². The highest BCUT2D eigenvalue weighted by atomic mass is 19.4. The molecule has 29 heavy (non-hydrogen) atoms. The van der Waals surface area contributed by atoms with Gasteiger partial charge >= 0.3 is 12.1 Å². The van der Waals surface area contributed by atoms with Gasteiger partial charge in [-0.3, -0.25) is 14.8 Å². The standard InChI is InChI=1S/C20H19F3N4O2/c1-27(2)15-7-9-26-18(16(15)20(21,22)23)13-6-5-11(10-14(24)19(28)29)12-4-3-8-25-17(12)13/h3-9,14H,10,24H2,1-2H3,(H,28,29)/t14-/m0/s1. The van der Waals surface area contributed by atoms with Crippen molar-refractivity contribution in [2.45, 2.75) is 18.6 Å². The normalized spacial score (nSPS) is 12.8. The summed E-state index contributed by atoms with van der Waals surface area (Å²) in [5.41, 5.74) is 5.64. The lowest BCUT2D eigenvalue weighted by molar-refractivity contribution is -0.138. The second kappa shape index (κ2) is 7.67. The Morgan fingerprint density at radius 2 is 1.90 bits per heavy atom. The molecule has 2 heterocycles. The van der Waals surface area contributed by atoms with Crippen LogP contribution in [0.2, 0.25) is 0 Å². The molecule has 0 radical (unpaired) electrons. The van der Waals surface area contributed by atoms with E-state index in [0.29, 0.717) is 16.5 Å². The first-order valence-corrected chi connectivity index (χ1v) is 8.70. The zero-order valence-corrected chi connectivity index (χ0v) is 15.7. The number of carboxylic acids is 1. The van der Waals surface area contributed by atoms with E-state index in [2.05, 4.69) is 9.97 Å². The van der Waals surface area contributed by atoms with Crippen molar-refractivity contribution in [2.24, 2.45) is 5.73 Å². The lowest BCUT2D eigenvalue weighted by Gasteiger charge is -2.22. The average molecular weight is 404 g/mol. The molecule has 0 aliphatic rings. The first kappa shape index (κ1) is 20.5. The highest BCUT2D eigenvalue weighted by molar-refractivity contribution is 5.96. The lowest BCUT2D eigenvalue weighted by Crippen LogP contribution is -2.32. The molecule has 0 amide bonds. The predicted molar refractivity (Wildman–Crippen MR) is 104 cm³/mol. The summed E-state index contributed by atoms with van der Waals surface area (Å²) in [7, 11) is 3.06. The molecule has 0 unspecified atom stereocenters. The van der Waals surface area contributed by atoms with E-state index in [1.165, 1.54) is 43.5 Å². The minimum absolute atomic E-state index is 0.0106. The van der Waals surface area contributed by atoms with Crippen LogP contribution in [0.4, 0.5) is 18.9 Å². The summed E-state index contributed by atoms with van der Waals surface area (Å²) in [4.78, 5) is 20.8. The summed E-state index contributed by atoms with van der Waals surface area (Å²) in [6.07, 6.45) is -1.82. The van der Waals surface area contributed by atoms with Crippen LogP contribution in [0.15, 0.2) is 42.7 Å². The maximum absolute atomic E-state index is 13.9. The van der Waals surface area contributed by atoms with E-state index in [1.54, 1.807) is 18.2 Å². The number of alkyl halides is 3. The fourth-order valence-electron chi connectivity index (χ4n) is 3.23. The number of halogens is 3. The van der Waals surface area contributed by atoms with Crippen molar-refractivity contribution in [2.75, 3.05) is 19.0 Å². The van der Waals surface area contributed by atoms with E-state index in [9.17, 15) is 18.0 Å². The summed E-state index contributed by atoms with van der Waals surface area (Å²) < 4.78 is 41.8. The maximum Gasteiger partial charge on any atom is 0.420 e. The van der Waals surface area contributed by atoms with Gasteiger partial charge in [-0.05, 0) is 24.1 Å². The smallest absolute Gasteiger partial charge is 0.420 e. The highest BCUT2D eigenvalue weighted by Crippen LogP contribution is 2.43. The van der Waals surface area contributed by atoms with Gasteiger partial charge in [0.1, 0.15) is 11.6 Å². The molecule has 0 bridgehead atoms. The maximum atomic E-state index is 13.9. The minimum atomic E-state index is -4.63. The zero-order valence-electron chi connectivity index (χ0n) is 15.7. The quantitative estimate of drug-likeness (QED) is 0.678. The van der Waals surface area contributed by atoms with E-state index in [0.717, 1.165) is 0 Å². The molecule has 0 fully saturated rings. The lowest BCUT2D eigenvalue weighted by atomic mass is 9.95. The van der Waals surface area contributed by atoms with Crippen molar-refractivity contribution in [1.82, 2.24) is 9.97 Å². The Bertz CT molecular complexity index is 1070. The Kier molecular flexibility index (Phi) is 5.43. The zero-order chi connectivity index (χ0) is 21.3. The third-order valence-corrected chi connectivity index (χ3v) is 4.57. The molecule has 152 valence electrons. The number of anilines is 1. The largest absolute Gasteiger partial charge is 0.480 e. The Morgan fingerprint density at radius 1 is 1.17 bits per heavy atom. The van der Waals surface area contributed by atoms with Crippen molar-refractivity contribution in [1.29, 1.82) is 0 Å². The molecule has 3 N–H and O–H groups in total. The number of hydrogen-bond donors (Lipinski definition) is 2. The van der Waals surface area contributed by atoms with Crippen LogP contribution in [0.1, 0.15) is 11.1 Å². The van der Waals surface area contributed by atoms with E-state index in [4.69, 9.17) is 10.8 Å². The van der Waals surface area contributed by atoms with Crippen molar-refractivity contribution < 1.29 is 23.1 Å². The fraction of sp³-hybridized carbons (Fsp3) is 0.250. The summed E-state index contributed by atoms with van der Waals surface area (Å²) in [6, 6.07) is 6.55. The number of rotatable bonds is 5. The number of hydrogen-bond acceptors (Lipinski definition) is 5. The van der Waals surface area contributed by atoms with Crippen molar-refractivity contribution in [3.05, 3.63) is 53.9 Å². The van der Waals surface area contributed by atoms with Crippen LogP contribution in [0.3, 0.4) is 0 Å². The second-order valence-electron chi connectivity index (χ2n) is 6.77. The van der Waals surface area contributed by atoms with Gasteiger partial charge in [-0.1, -0.05) is 18.2 Å². The molecule has 0 aliphatic carbocycles. The number of benzene rings is 1. The first-order chi connectivity index (χ1) is 13.6. The molecule has 9 heteroatoms. The Balaban J connectivity index is 2.28. The van der Waals surface area contributed by atoms with Crippen LogP contribution in [0, 0.1) is 0 Å². The van der Waals surface area contributed by atoms with Gasteiger partial charge in [-0.25, -0.2) is 0 Å². The van der Waals surface area contributed by atoms with Crippen LogP contribution in [-0.2, 0) is 17.4 Å². The average Bonchev–Trinajstić information content (AvgIpc) is 2.66. The fourth-order valence-corrected chi connectivity index (χ4v) is 3.23. The topological polar surface area (TPSA) is 92.3 Å². The molecule has 0 saturated carbocycles. The summed E-state index contributed by atoms with van der Waals surface area (Å²) >= 11 is 0. The number of nitrogens with zero attached hydrogens (tertiary/aromatic N) is 3. The van der Waals surface area contributed by atoms with Gasteiger partial charge in [0.05, 0.1) is 16.9 Å². The van der Waals surface area contributed by atoms with Gasteiger partial charge in [0, 0.05) is 37.4 Å². The summed E-state index contributed by atoms with van der Waals surface area (Å²) in [5.74, 6) is -1.16. The third kappa shape index (κ3) is 4.00. The number of nitrogens with two attached hydrogens (primary N) is 1. The molecule has 3 rings (SSSR count). The van der Waals surface area contributed by atoms with Gasteiger partial charge in [-0.2, -0.15) is 13.2 Å². The van der Waals surface area contributed by atoms with Gasteiger partial charge in [0.15, 0.2) is 0 Å². The number of aromatic nitrogens is 2. The Labute approximate surface area is 164 Å². The molecule has 6 nitrogen and oxygen atoms in total. The first-order valence-electron chi connectivity index (χ1n) is 8.70. The molecule has 0 aliphatic heterocycles. The van der Waals surface area contributed by atoms with Gasteiger partial charge < -0.3 is 15.7 Å². The molecule has 1 atom stereocenters. The van der Waals surface area contributed by atoms with Crippen molar-refractivity contribution >= 4 is 22.6 Å². The molecule has 2 aromatic heterocycles. The summed E-state index contributed by atoms with van der Waals surface area (Å²) in [5, 5.41) is 9.61. The van der Waals surface area contributed by atoms with Gasteiger partial charge in [0.25, 0.3) is 0 Å². The van der Waals surface area contributed by atoms with E-state index < -0.39 is 23.8 Å². The van der Waals surface area contributed by atoms with Crippen molar-refractivity contribution in [3.8, 4) is 11.3 Å². The predicted octanol–water partition coefficient (Wildman–Crippen LogP) is 3.34. The van der Waals surface area contributed by atoms with Crippen LogP contribution in [-0.4, -0.2) is 41.2 Å². The van der Waals surface area contributed by atoms with Gasteiger partial charge in [0.2, 0.25) is 0 Å². The molecule has 0 saturated heterocycles. The summed E-state index contributed by atoms with van der Waals surface area (Å²) in [6.45, 7) is 0. The molecule has 0 spiro atoms. The molecule has 1 aromatic carbocycles. The van der Waals surface area contributed by atoms with Gasteiger partial charge in [-0.15, -0.1) is 0 Å². The molecular weight excluding hydrogens is 385 g/mol. The number of carboxylic acid groups (broad SMARTS) is 1.